The fourth-order valence-electron chi connectivity index (χ4n) is 3.02. The van der Waals surface area contributed by atoms with Gasteiger partial charge in [0.15, 0.2) is 5.11 Å². The van der Waals surface area contributed by atoms with Crippen LogP contribution in [0.3, 0.4) is 0 Å². The number of fused-ring (bicyclic) bond motifs is 1. The van der Waals surface area contributed by atoms with Crippen LogP contribution >= 0.6 is 23.6 Å². The Morgan fingerprint density at radius 1 is 1.40 bits per heavy atom. The summed E-state index contributed by atoms with van der Waals surface area (Å²) in [4.78, 5) is 13.6. The molecule has 0 saturated carbocycles. The van der Waals surface area contributed by atoms with E-state index < -0.39 is 0 Å². The van der Waals surface area contributed by atoms with Crippen LogP contribution in [0.15, 0.2) is 12.3 Å². The van der Waals surface area contributed by atoms with Crippen LogP contribution in [0.4, 0.5) is 5.00 Å². The van der Waals surface area contributed by atoms with Crippen molar-refractivity contribution in [1.82, 2.24) is 15.1 Å². The summed E-state index contributed by atoms with van der Waals surface area (Å²) in [5.74, 6) is -0.297. The number of ether oxygens (including phenoxy) is 1. The van der Waals surface area contributed by atoms with Crippen molar-refractivity contribution in [3.63, 3.8) is 0 Å². The Morgan fingerprint density at radius 2 is 2.20 bits per heavy atom. The van der Waals surface area contributed by atoms with Crippen LogP contribution in [0, 0.1) is 0 Å². The average molecular weight is 379 g/mol. The van der Waals surface area contributed by atoms with Crippen molar-refractivity contribution in [3.05, 3.63) is 34.0 Å². The van der Waals surface area contributed by atoms with E-state index in [2.05, 4.69) is 15.7 Å². The summed E-state index contributed by atoms with van der Waals surface area (Å²) in [6, 6.07) is 1.93. The molecule has 2 aromatic heterocycles. The van der Waals surface area contributed by atoms with Gasteiger partial charge in [0.1, 0.15) is 5.00 Å². The van der Waals surface area contributed by atoms with Gasteiger partial charge in [0, 0.05) is 18.1 Å². The van der Waals surface area contributed by atoms with Crippen LogP contribution in [-0.4, -0.2) is 28.0 Å². The molecule has 25 heavy (non-hydrogen) atoms. The quantitative estimate of drug-likeness (QED) is 0.484. The Morgan fingerprint density at radius 3 is 2.92 bits per heavy atom. The van der Waals surface area contributed by atoms with Crippen molar-refractivity contribution in [1.29, 1.82) is 0 Å². The van der Waals surface area contributed by atoms with Gasteiger partial charge in [0.2, 0.25) is 0 Å². The largest absolute Gasteiger partial charge is 0.465 e. The first-order valence-corrected chi connectivity index (χ1v) is 9.57. The number of anilines is 1. The van der Waals surface area contributed by atoms with Crippen molar-refractivity contribution in [2.45, 2.75) is 38.6 Å². The van der Waals surface area contributed by atoms with Crippen LogP contribution in [0.25, 0.3) is 0 Å². The third-order valence-corrected chi connectivity index (χ3v) is 5.69. The molecule has 6 nitrogen and oxygen atoms in total. The highest BCUT2D eigenvalue weighted by Crippen LogP contribution is 2.37. The Kier molecular flexibility index (Phi) is 5.70. The molecule has 0 aliphatic heterocycles. The number of carbonyl (C=O) groups excluding carboxylic acids is 1. The minimum atomic E-state index is -0.297. The third kappa shape index (κ3) is 4.19. The molecule has 134 valence electrons. The number of methoxy groups -OCH3 is 1. The van der Waals surface area contributed by atoms with Gasteiger partial charge in [0.05, 0.1) is 24.9 Å². The summed E-state index contributed by atoms with van der Waals surface area (Å²) < 4.78 is 6.76. The van der Waals surface area contributed by atoms with Crippen molar-refractivity contribution in [2.75, 3.05) is 12.4 Å². The number of hydrogen-bond donors (Lipinski definition) is 2. The molecule has 0 saturated heterocycles. The van der Waals surface area contributed by atoms with Crippen molar-refractivity contribution in [3.8, 4) is 0 Å². The number of hydrogen-bond acceptors (Lipinski definition) is 5. The monoisotopic (exact) mass is 378 g/mol. The maximum atomic E-state index is 12.3. The highest BCUT2D eigenvalue weighted by Gasteiger charge is 2.25. The number of esters is 1. The van der Waals surface area contributed by atoms with Gasteiger partial charge in [-0.1, -0.05) is 6.42 Å². The number of aromatic nitrogens is 2. The predicted octanol–water partition coefficient (Wildman–Crippen LogP) is 3.02. The molecule has 8 heteroatoms. The second kappa shape index (κ2) is 7.97. The van der Waals surface area contributed by atoms with Crippen molar-refractivity contribution >= 4 is 39.6 Å². The lowest BCUT2D eigenvalue weighted by Gasteiger charge is -2.10. The zero-order valence-corrected chi connectivity index (χ0v) is 16.1. The molecule has 0 aromatic carbocycles. The first kappa shape index (κ1) is 17.9. The lowest BCUT2D eigenvalue weighted by atomic mass is 10.1. The van der Waals surface area contributed by atoms with E-state index >= 15 is 0 Å². The van der Waals surface area contributed by atoms with Gasteiger partial charge in [-0.15, -0.1) is 11.3 Å². The minimum absolute atomic E-state index is 0.297. The molecule has 0 unspecified atom stereocenters. The molecular weight excluding hydrogens is 356 g/mol. The van der Waals surface area contributed by atoms with Gasteiger partial charge in [0.25, 0.3) is 0 Å². The molecule has 2 aromatic rings. The Labute approximate surface area is 156 Å². The van der Waals surface area contributed by atoms with E-state index in [1.54, 1.807) is 16.0 Å². The zero-order valence-electron chi connectivity index (χ0n) is 14.4. The van der Waals surface area contributed by atoms with Gasteiger partial charge in [-0.3, -0.25) is 4.68 Å². The van der Waals surface area contributed by atoms with E-state index in [0.717, 1.165) is 41.9 Å². The molecule has 1 aliphatic rings. The van der Waals surface area contributed by atoms with E-state index in [0.29, 0.717) is 17.2 Å². The fraction of sp³-hybridized carbons (Fsp3) is 0.471. The smallest absolute Gasteiger partial charge is 0.341 e. The van der Waals surface area contributed by atoms with Gasteiger partial charge in [-0.05, 0) is 49.5 Å². The number of nitrogens with one attached hydrogen (secondary N) is 2. The predicted molar refractivity (Wildman–Crippen MR) is 103 cm³/mol. The molecule has 0 bridgehead atoms. The minimum Gasteiger partial charge on any atom is -0.465 e. The first-order valence-electron chi connectivity index (χ1n) is 8.34. The molecule has 0 spiro atoms. The first-order chi connectivity index (χ1) is 12.1. The number of thiocarbonyl (C=S) groups is 1. The lowest BCUT2D eigenvalue weighted by molar-refractivity contribution is 0.0601. The van der Waals surface area contributed by atoms with Crippen LogP contribution in [0.5, 0.6) is 0 Å². The molecule has 1 aliphatic carbocycles. The molecule has 0 fully saturated rings. The number of aryl methyl sites for hydroxylation is 2. The Hall–Kier alpha value is -1.93. The van der Waals surface area contributed by atoms with Crippen LogP contribution < -0.4 is 10.6 Å². The highest BCUT2D eigenvalue weighted by atomic mass is 32.1. The topological polar surface area (TPSA) is 68.2 Å². The number of rotatable bonds is 4. The molecular formula is C17H22N4O2S2. The lowest BCUT2D eigenvalue weighted by Crippen LogP contribution is -2.28. The van der Waals surface area contributed by atoms with E-state index in [9.17, 15) is 4.79 Å². The summed E-state index contributed by atoms with van der Waals surface area (Å²) in [5.41, 5.74) is 2.68. The fourth-order valence-corrected chi connectivity index (χ4v) is 4.54. The number of nitrogens with zero attached hydrogens (tertiary/aromatic N) is 2. The van der Waals surface area contributed by atoms with E-state index in [1.807, 2.05) is 19.3 Å². The second-order valence-corrected chi connectivity index (χ2v) is 7.56. The summed E-state index contributed by atoms with van der Waals surface area (Å²) in [5, 5.41) is 11.9. The Bertz CT molecular complexity index is 782. The number of carbonyl (C=O) groups is 1. The summed E-state index contributed by atoms with van der Waals surface area (Å²) in [7, 11) is 3.30. The summed E-state index contributed by atoms with van der Waals surface area (Å²) in [6.07, 6.45) is 7.30. The molecule has 0 atom stereocenters. The molecule has 0 radical (unpaired) electrons. The summed E-state index contributed by atoms with van der Waals surface area (Å²) >= 11 is 7.00. The van der Waals surface area contributed by atoms with Crippen LogP contribution in [0.2, 0.25) is 0 Å². The van der Waals surface area contributed by atoms with Crippen LogP contribution in [-0.2, 0) is 31.2 Å². The third-order valence-electron chi connectivity index (χ3n) is 4.24. The number of thiophene rings is 1. The van der Waals surface area contributed by atoms with Gasteiger partial charge in [-0.2, -0.15) is 5.10 Å². The average Bonchev–Trinajstić information content (AvgIpc) is 3.08. The molecule has 3 rings (SSSR count). The molecule has 0 amide bonds. The SMILES string of the molecule is COC(=O)c1c(NC(=S)NCc2ccn(C)n2)sc2c1CCCCC2. The normalized spacial score (nSPS) is 13.7. The van der Waals surface area contributed by atoms with Crippen LogP contribution in [0.1, 0.15) is 45.8 Å². The van der Waals surface area contributed by atoms with E-state index in [1.165, 1.54) is 18.4 Å². The van der Waals surface area contributed by atoms with E-state index in [4.69, 9.17) is 17.0 Å². The Balaban J connectivity index is 1.74. The molecule has 2 N–H and O–H groups in total. The summed E-state index contributed by atoms with van der Waals surface area (Å²) in [6.45, 7) is 0.533. The van der Waals surface area contributed by atoms with Crippen molar-refractivity contribution in [2.24, 2.45) is 7.05 Å². The van der Waals surface area contributed by atoms with Gasteiger partial charge in [-0.25, -0.2) is 4.79 Å². The van der Waals surface area contributed by atoms with E-state index in [-0.39, 0.29) is 5.97 Å². The molecule has 2 heterocycles. The highest BCUT2D eigenvalue weighted by molar-refractivity contribution is 7.80. The van der Waals surface area contributed by atoms with Gasteiger partial charge < -0.3 is 15.4 Å². The standard InChI is InChI=1S/C17H22N4O2S2/c1-21-9-8-11(20-21)10-18-17(24)19-15-14(16(22)23-2)12-6-4-3-5-7-13(12)25-15/h8-9H,3-7,10H2,1-2H3,(H2,18,19,24). The maximum Gasteiger partial charge on any atom is 0.341 e. The van der Waals surface area contributed by atoms with Gasteiger partial charge >= 0.3 is 5.97 Å². The van der Waals surface area contributed by atoms with Crippen molar-refractivity contribution < 1.29 is 9.53 Å². The maximum absolute atomic E-state index is 12.3. The zero-order chi connectivity index (χ0) is 17.8. The second-order valence-electron chi connectivity index (χ2n) is 6.05.